The van der Waals surface area contributed by atoms with Crippen molar-refractivity contribution in [3.05, 3.63) is 93.9 Å². The molecule has 11 nitrogen and oxygen atoms in total. The van der Waals surface area contributed by atoms with Gasteiger partial charge in [-0.25, -0.2) is 10.5 Å². The van der Waals surface area contributed by atoms with Crippen LogP contribution >= 0.6 is 0 Å². The van der Waals surface area contributed by atoms with Crippen LogP contribution in [0.5, 0.6) is 17.2 Å². The Balaban J connectivity index is 1.66. The number of fused-ring (bicyclic) bond motifs is 1. The molecule has 38 heavy (non-hydrogen) atoms. The van der Waals surface area contributed by atoms with Gasteiger partial charge in [-0.15, -0.1) is 0 Å². The van der Waals surface area contributed by atoms with Crippen molar-refractivity contribution in [1.29, 1.82) is 0 Å². The molecule has 1 heterocycles. The number of hydrogen-bond donors (Lipinski definition) is 3. The summed E-state index contributed by atoms with van der Waals surface area (Å²) in [5.74, 6) is 0.0584. The van der Waals surface area contributed by atoms with Gasteiger partial charge >= 0.3 is 0 Å². The van der Waals surface area contributed by atoms with E-state index in [0.717, 1.165) is 0 Å². The molecule has 0 unspecified atom stereocenters. The number of hydrogen-bond acceptors (Lipinski definition) is 8. The Morgan fingerprint density at radius 2 is 1.55 bits per heavy atom. The van der Waals surface area contributed by atoms with Crippen LogP contribution in [0.4, 0.5) is 0 Å². The zero-order valence-electron chi connectivity index (χ0n) is 20.8. The average Bonchev–Trinajstić information content (AvgIpc) is 2.96. The molecule has 1 atom stereocenters. The lowest BCUT2D eigenvalue weighted by atomic mass is 10.0. The second-order valence-corrected chi connectivity index (χ2v) is 7.95. The van der Waals surface area contributed by atoms with Gasteiger partial charge in [-0.05, 0) is 30.3 Å². The third-order valence-corrected chi connectivity index (χ3v) is 5.65. The molecule has 4 rings (SSSR count). The van der Waals surface area contributed by atoms with Gasteiger partial charge in [-0.2, -0.15) is 10.2 Å². The van der Waals surface area contributed by atoms with E-state index in [1.54, 1.807) is 66.7 Å². The largest absolute Gasteiger partial charge is 0.493 e. The van der Waals surface area contributed by atoms with E-state index in [1.165, 1.54) is 27.5 Å². The third kappa shape index (κ3) is 5.46. The molecule has 194 valence electrons. The minimum absolute atomic E-state index is 0.157. The highest BCUT2D eigenvalue weighted by molar-refractivity contribution is 5.99. The summed E-state index contributed by atoms with van der Waals surface area (Å²) in [6.07, 6.45) is 1.39. The molecule has 0 aliphatic rings. The summed E-state index contributed by atoms with van der Waals surface area (Å²) in [7, 11) is 4.47. The highest BCUT2D eigenvalue weighted by atomic mass is 16.5. The molecule has 0 saturated carbocycles. The number of benzene rings is 3. The molecule has 3 N–H and O–H groups in total. The number of aromatic nitrogens is 2. The summed E-state index contributed by atoms with van der Waals surface area (Å²) in [6, 6.07) is 17.1. The van der Waals surface area contributed by atoms with Crippen molar-refractivity contribution in [3.8, 4) is 17.2 Å². The van der Waals surface area contributed by atoms with Crippen LogP contribution in [0.3, 0.4) is 0 Å². The number of nitrogens with one attached hydrogen (secondary N) is 3. The fraction of sp³-hybridized carbons (Fsp3) is 0.148. The number of aromatic amines is 1. The van der Waals surface area contributed by atoms with Gasteiger partial charge in [0, 0.05) is 16.5 Å². The number of rotatable bonds is 9. The zero-order valence-corrected chi connectivity index (χ0v) is 20.8. The normalized spacial score (nSPS) is 11.7. The van der Waals surface area contributed by atoms with E-state index in [1.807, 2.05) is 0 Å². The van der Waals surface area contributed by atoms with Gasteiger partial charge in [-0.1, -0.05) is 36.4 Å². The lowest BCUT2D eigenvalue weighted by Gasteiger charge is -2.18. The number of carbonyl (C=O) groups excluding carboxylic acids is 2. The molecule has 3 aromatic carbocycles. The van der Waals surface area contributed by atoms with Crippen LogP contribution in [-0.4, -0.2) is 49.6 Å². The van der Waals surface area contributed by atoms with E-state index in [-0.39, 0.29) is 5.69 Å². The minimum atomic E-state index is -1.28. The van der Waals surface area contributed by atoms with E-state index >= 15 is 0 Å². The number of H-pyrrole nitrogens is 1. The Morgan fingerprint density at radius 3 is 2.18 bits per heavy atom. The van der Waals surface area contributed by atoms with Crippen molar-refractivity contribution in [2.24, 2.45) is 5.10 Å². The SMILES string of the molecule is COc1cc(/C=N/NC(=O)[C@H](NC(=O)c2ccccc2)c2n[nH]c(=O)c3ccccc23)cc(OC)c1OC. The van der Waals surface area contributed by atoms with E-state index in [4.69, 9.17) is 14.2 Å². The van der Waals surface area contributed by atoms with Crippen LogP contribution < -0.4 is 30.5 Å². The standard InChI is InChI=1S/C27H25N5O6/c1-36-20-13-16(14-21(37-2)24(20)38-3)15-28-31-27(35)23(29-25(33)17-9-5-4-6-10-17)22-18-11-7-8-12-19(18)26(34)32-30-22/h4-15,23H,1-3H3,(H,29,33)(H,31,35)(H,32,34)/b28-15+/t23-/m1/s1. The van der Waals surface area contributed by atoms with Gasteiger partial charge in [-0.3, -0.25) is 14.4 Å². The highest BCUT2D eigenvalue weighted by Crippen LogP contribution is 2.37. The van der Waals surface area contributed by atoms with Gasteiger partial charge in [0.05, 0.1) is 32.9 Å². The molecule has 0 aliphatic heterocycles. The topological polar surface area (TPSA) is 144 Å². The summed E-state index contributed by atoms with van der Waals surface area (Å²) in [6.45, 7) is 0. The first-order chi connectivity index (χ1) is 18.5. The number of nitrogens with zero attached hydrogens (tertiary/aromatic N) is 2. The maximum absolute atomic E-state index is 13.3. The smallest absolute Gasteiger partial charge is 0.272 e. The third-order valence-electron chi connectivity index (χ3n) is 5.65. The number of methoxy groups -OCH3 is 3. The summed E-state index contributed by atoms with van der Waals surface area (Å²) in [5.41, 5.74) is 3.08. The van der Waals surface area contributed by atoms with Crippen LogP contribution in [-0.2, 0) is 4.79 Å². The maximum Gasteiger partial charge on any atom is 0.272 e. The Morgan fingerprint density at radius 1 is 0.921 bits per heavy atom. The Labute approximate surface area is 217 Å². The van der Waals surface area contributed by atoms with E-state index in [2.05, 4.69) is 26.0 Å². The van der Waals surface area contributed by atoms with E-state index in [0.29, 0.717) is 39.1 Å². The van der Waals surface area contributed by atoms with Gasteiger partial charge in [0.2, 0.25) is 5.75 Å². The van der Waals surface area contributed by atoms with Gasteiger partial charge in [0.25, 0.3) is 17.4 Å². The molecular weight excluding hydrogens is 490 g/mol. The molecule has 0 saturated heterocycles. The predicted octanol–water partition coefficient (Wildman–Crippen LogP) is 2.57. The van der Waals surface area contributed by atoms with Crippen molar-refractivity contribution in [3.63, 3.8) is 0 Å². The lowest BCUT2D eigenvalue weighted by molar-refractivity contribution is -0.123. The monoisotopic (exact) mass is 515 g/mol. The lowest BCUT2D eigenvalue weighted by Crippen LogP contribution is -2.40. The second-order valence-electron chi connectivity index (χ2n) is 7.95. The quantitative estimate of drug-likeness (QED) is 0.230. The predicted molar refractivity (Wildman–Crippen MR) is 141 cm³/mol. The zero-order chi connectivity index (χ0) is 27.1. The van der Waals surface area contributed by atoms with Crippen LogP contribution in [0, 0.1) is 0 Å². The molecule has 0 bridgehead atoms. The minimum Gasteiger partial charge on any atom is -0.493 e. The van der Waals surface area contributed by atoms with Gasteiger partial charge < -0.3 is 19.5 Å². The number of hydrazone groups is 1. The average molecular weight is 516 g/mol. The Kier molecular flexibility index (Phi) is 7.97. The first-order valence-corrected chi connectivity index (χ1v) is 11.4. The van der Waals surface area contributed by atoms with Crippen molar-refractivity contribution in [2.45, 2.75) is 6.04 Å². The molecule has 0 fully saturated rings. The fourth-order valence-corrected chi connectivity index (χ4v) is 3.83. The highest BCUT2D eigenvalue weighted by Gasteiger charge is 2.27. The molecule has 2 amide bonds. The van der Waals surface area contributed by atoms with Crippen molar-refractivity contribution in [2.75, 3.05) is 21.3 Å². The Hall–Kier alpha value is -5.19. The molecule has 11 heteroatoms. The molecule has 1 aromatic heterocycles. The summed E-state index contributed by atoms with van der Waals surface area (Å²) >= 11 is 0. The Bertz CT molecular complexity index is 1530. The first kappa shape index (κ1) is 25.9. The number of carbonyl (C=O) groups is 2. The van der Waals surface area contributed by atoms with Crippen LogP contribution in [0.2, 0.25) is 0 Å². The maximum atomic E-state index is 13.3. The number of ether oxygens (including phenoxy) is 3. The molecule has 0 aliphatic carbocycles. The number of amides is 2. The molecule has 0 radical (unpaired) electrons. The van der Waals surface area contributed by atoms with E-state index in [9.17, 15) is 14.4 Å². The molecule has 4 aromatic rings. The van der Waals surface area contributed by atoms with Crippen molar-refractivity contribution < 1.29 is 23.8 Å². The van der Waals surface area contributed by atoms with Crippen LogP contribution in [0.25, 0.3) is 10.8 Å². The van der Waals surface area contributed by atoms with Crippen LogP contribution in [0.1, 0.15) is 27.7 Å². The van der Waals surface area contributed by atoms with Crippen molar-refractivity contribution >= 4 is 28.8 Å². The molecule has 0 spiro atoms. The molecular formula is C27H25N5O6. The van der Waals surface area contributed by atoms with Crippen LogP contribution in [0.15, 0.2) is 76.6 Å². The second kappa shape index (κ2) is 11.7. The first-order valence-electron chi connectivity index (χ1n) is 11.4. The summed E-state index contributed by atoms with van der Waals surface area (Å²) in [4.78, 5) is 38.6. The summed E-state index contributed by atoms with van der Waals surface area (Å²) < 4.78 is 16.0. The fourth-order valence-electron chi connectivity index (χ4n) is 3.83. The van der Waals surface area contributed by atoms with Crippen molar-refractivity contribution in [1.82, 2.24) is 20.9 Å². The van der Waals surface area contributed by atoms with Gasteiger partial charge in [0.15, 0.2) is 17.5 Å². The summed E-state index contributed by atoms with van der Waals surface area (Å²) in [5, 5.41) is 14.0. The van der Waals surface area contributed by atoms with Gasteiger partial charge in [0.1, 0.15) is 5.69 Å². The van der Waals surface area contributed by atoms with E-state index < -0.39 is 23.4 Å².